The number of alkyl carbamates (subject to hydrolysis) is 1. The largest absolute Gasteiger partial charge is 0.488 e. The molecule has 3 aromatic rings. The lowest BCUT2D eigenvalue weighted by atomic mass is 10.0. The summed E-state index contributed by atoms with van der Waals surface area (Å²) in [5, 5.41) is 11.5. The van der Waals surface area contributed by atoms with Gasteiger partial charge in [-0.05, 0) is 95.9 Å². The Hall–Kier alpha value is -5.70. The van der Waals surface area contributed by atoms with Gasteiger partial charge in [-0.2, -0.15) is 0 Å². The van der Waals surface area contributed by atoms with Crippen molar-refractivity contribution in [1.82, 2.24) is 21.3 Å². The molecule has 0 aliphatic rings. The van der Waals surface area contributed by atoms with Crippen LogP contribution in [-0.4, -0.2) is 73.6 Å². The minimum atomic E-state index is -3.93. The second kappa shape index (κ2) is 21.3. The Bertz CT molecular complexity index is 2010. The lowest BCUT2D eigenvalue weighted by Crippen LogP contribution is -2.58. The van der Waals surface area contributed by atoms with Crippen molar-refractivity contribution in [1.29, 1.82) is 0 Å². The van der Waals surface area contributed by atoms with Crippen molar-refractivity contribution in [3.8, 4) is 5.75 Å². The molecule has 15 heteroatoms. The zero-order valence-corrected chi connectivity index (χ0v) is 36.1. The van der Waals surface area contributed by atoms with Crippen LogP contribution in [0.5, 0.6) is 5.75 Å². The Morgan fingerprint density at radius 1 is 0.678 bits per heavy atom. The summed E-state index contributed by atoms with van der Waals surface area (Å²) in [7, 11) is -3.93. The molecular weight excluding hydrogens is 777 g/mol. The molecule has 3 aromatic carbocycles. The molecule has 4 amide bonds. The zero-order chi connectivity index (χ0) is 44.0. The van der Waals surface area contributed by atoms with Gasteiger partial charge in [0.25, 0.3) is 0 Å². The Balaban J connectivity index is 1.76. The molecule has 0 radical (unpaired) electrons. The topological polar surface area (TPSA) is 195 Å². The third-order valence-electron chi connectivity index (χ3n) is 8.30. The van der Waals surface area contributed by atoms with E-state index in [2.05, 4.69) is 21.3 Å². The molecule has 1 unspecified atom stereocenters. The highest BCUT2D eigenvalue weighted by Gasteiger charge is 2.32. The van der Waals surface area contributed by atoms with E-state index in [0.29, 0.717) is 11.3 Å². The van der Waals surface area contributed by atoms with Gasteiger partial charge in [0.1, 0.15) is 41.7 Å². The summed E-state index contributed by atoms with van der Waals surface area (Å²) < 4.78 is 42.6. The summed E-state index contributed by atoms with van der Waals surface area (Å²) in [5.74, 6) is -2.65. The molecule has 0 saturated carbocycles. The molecular formula is C44H58N4O10S. The standard InChI is InChI=1S/C44H58N4O10S/c1-29(2)38(41(52)45-30(3)39(50)46-33(27-37(49)58-44(7,8)9)24-25-59(54,55)35-18-14-11-15-19-35)48-40(51)36(47-42(53)56-28-32-16-12-10-13-17-32)26-31-20-22-34(23-21-31)57-43(4,5)6/h10-25,29-30,33,36,38H,26-28H2,1-9H3,(H,45,52)(H,46,50)(H,47,53)(H,48,51)/b25-24+/t30-,33+,36-,38?/m0/s1. The molecule has 3 rings (SSSR count). The molecule has 320 valence electrons. The van der Waals surface area contributed by atoms with E-state index in [1.165, 1.54) is 25.1 Å². The van der Waals surface area contributed by atoms with E-state index in [1.807, 2.05) is 26.8 Å². The monoisotopic (exact) mass is 834 g/mol. The van der Waals surface area contributed by atoms with E-state index in [4.69, 9.17) is 14.2 Å². The third-order valence-corrected chi connectivity index (χ3v) is 9.75. The minimum Gasteiger partial charge on any atom is -0.488 e. The fraction of sp³-hybridized carbons (Fsp3) is 0.432. The number of carbonyl (C=O) groups excluding carboxylic acids is 5. The second-order valence-corrected chi connectivity index (χ2v) is 18.2. The van der Waals surface area contributed by atoms with Gasteiger partial charge in [0.2, 0.25) is 17.7 Å². The smallest absolute Gasteiger partial charge is 0.408 e. The molecule has 4 N–H and O–H groups in total. The molecule has 0 aromatic heterocycles. The second-order valence-electron chi connectivity index (χ2n) is 16.4. The van der Waals surface area contributed by atoms with Crippen molar-refractivity contribution in [3.63, 3.8) is 0 Å². The fourth-order valence-corrected chi connectivity index (χ4v) is 6.57. The van der Waals surface area contributed by atoms with Gasteiger partial charge in [-0.1, -0.05) is 74.5 Å². The van der Waals surface area contributed by atoms with Crippen LogP contribution >= 0.6 is 0 Å². The maximum Gasteiger partial charge on any atom is 0.408 e. The first-order valence-corrected chi connectivity index (χ1v) is 20.9. The number of nitrogens with one attached hydrogen (secondary N) is 4. The highest BCUT2D eigenvalue weighted by Crippen LogP contribution is 2.20. The lowest BCUT2D eigenvalue weighted by molar-refractivity contribution is -0.155. The molecule has 0 saturated heterocycles. The van der Waals surface area contributed by atoms with Crippen molar-refractivity contribution < 1.29 is 46.6 Å². The van der Waals surface area contributed by atoms with Crippen molar-refractivity contribution in [2.75, 3.05) is 0 Å². The molecule has 0 heterocycles. The Morgan fingerprint density at radius 2 is 1.27 bits per heavy atom. The van der Waals surface area contributed by atoms with E-state index in [1.54, 1.807) is 101 Å². The Morgan fingerprint density at radius 3 is 1.83 bits per heavy atom. The molecule has 0 spiro atoms. The quantitative estimate of drug-likeness (QED) is 0.118. The number of rotatable bonds is 18. The van der Waals surface area contributed by atoms with E-state index in [0.717, 1.165) is 11.0 Å². The zero-order valence-electron chi connectivity index (χ0n) is 35.2. The number of ether oxygens (including phenoxy) is 3. The van der Waals surface area contributed by atoms with Crippen LogP contribution in [0, 0.1) is 5.92 Å². The van der Waals surface area contributed by atoms with Gasteiger partial charge in [0.15, 0.2) is 9.84 Å². The van der Waals surface area contributed by atoms with E-state index in [9.17, 15) is 32.4 Å². The van der Waals surface area contributed by atoms with Gasteiger partial charge in [-0.15, -0.1) is 0 Å². The normalized spacial score (nSPS) is 14.0. The number of hydrogen-bond donors (Lipinski definition) is 4. The van der Waals surface area contributed by atoms with E-state index < -0.39 is 87.3 Å². The van der Waals surface area contributed by atoms with Crippen molar-refractivity contribution in [2.45, 2.75) is 122 Å². The number of carbonyl (C=O) groups is 5. The average Bonchev–Trinajstić information content (AvgIpc) is 3.14. The van der Waals surface area contributed by atoms with Crippen LogP contribution in [0.2, 0.25) is 0 Å². The van der Waals surface area contributed by atoms with E-state index >= 15 is 0 Å². The summed E-state index contributed by atoms with van der Waals surface area (Å²) >= 11 is 0. The molecule has 0 aliphatic carbocycles. The summed E-state index contributed by atoms with van der Waals surface area (Å²) in [4.78, 5) is 66.8. The molecule has 4 atom stereocenters. The van der Waals surface area contributed by atoms with E-state index in [-0.39, 0.29) is 17.9 Å². The van der Waals surface area contributed by atoms with Gasteiger partial charge in [0.05, 0.1) is 17.4 Å². The number of esters is 1. The van der Waals surface area contributed by atoms with Gasteiger partial charge in [0, 0.05) is 11.8 Å². The van der Waals surface area contributed by atoms with Gasteiger partial charge in [-0.25, -0.2) is 13.2 Å². The first-order chi connectivity index (χ1) is 27.5. The van der Waals surface area contributed by atoms with Crippen LogP contribution in [0.15, 0.2) is 101 Å². The SMILES string of the molecule is CC(C)C(NC(=O)[C@H](Cc1ccc(OC(C)(C)C)cc1)NC(=O)OCc1ccccc1)C(=O)N[C@@H](C)C(=O)N[C@H](/C=C/S(=O)(=O)c1ccccc1)CC(=O)OC(C)(C)C. The molecule has 0 aliphatic heterocycles. The maximum absolute atomic E-state index is 13.9. The number of benzene rings is 3. The van der Waals surface area contributed by atoms with Crippen LogP contribution in [0.1, 0.15) is 79.9 Å². The fourth-order valence-electron chi connectivity index (χ4n) is 5.48. The van der Waals surface area contributed by atoms with Crippen LogP contribution in [0.25, 0.3) is 0 Å². The predicted octanol–water partition coefficient (Wildman–Crippen LogP) is 5.55. The van der Waals surface area contributed by atoms with Gasteiger partial charge in [-0.3, -0.25) is 19.2 Å². The third kappa shape index (κ3) is 17.4. The maximum atomic E-state index is 13.9. The molecule has 14 nitrogen and oxygen atoms in total. The van der Waals surface area contributed by atoms with Gasteiger partial charge < -0.3 is 35.5 Å². The van der Waals surface area contributed by atoms with Crippen LogP contribution in [0.3, 0.4) is 0 Å². The molecule has 0 bridgehead atoms. The minimum absolute atomic E-state index is 0.0196. The highest BCUT2D eigenvalue weighted by molar-refractivity contribution is 7.94. The van der Waals surface area contributed by atoms with Crippen molar-refractivity contribution >= 4 is 39.6 Å². The summed E-state index contributed by atoms with van der Waals surface area (Å²) in [6.07, 6.45) is -0.0215. The molecule has 59 heavy (non-hydrogen) atoms. The highest BCUT2D eigenvalue weighted by atomic mass is 32.2. The lowest BCUT2D eigenvalue weighted by Gasteiger charge is -2.27. The Labute approximate surface area is 347 Å². The number of hydrogen-bond acceptors (Lipinski definition) is 10. The summed E-state index contributed by atoms with van der Waals surface area (Å²) in [6, 6.07) is 19.1. The number of amides is 4. The summed E-state index contributed by atoms with van der Waals surface area (Å²) in [6.45, 7) is 15.6. The van der Waals surface area contributed by atoms with Crippen LogP contribution in [0.4, 0.5) is 4.79 Å². The summed E-state index contributed by atoms with van der Waals surface area (Å²) in [5.41, 5.74) is 0.170. The first-order valence-electron chi connectivity index (χ1n) is 19.4. The van der Waals surface area contributed by atoms with Gasteiger partial charge >= 0.3 is 12.1 Å². The molecule has 0 fully saturated rings. The number of sulfone groups is 1. The average molecular weight is 835 g/mol. The van der Waals surface area contributed by atoms with Crippen molar-refractivity contribution in [2.24, 2.45) is 5.92 Å². The Kier molecular flexibility index (Phi) is 17.2. The van der Waals surface area contributed by atoms with Crippen LogP contribution in [-0.2, 0) is 51.5 Å². The van der Waals surface area contributed by atoms with Crippen molar-refractivity contribution in [3.05, 3.63) is 108 Å². The first kappa shape index (κ1) is 47.7. The predicted molar refractivity (Wildman–Crippen MR) is 224 cm³/mol. The van der Waals surface area contributed by atoms with Crippen LogP contribution < -0.4 is 26.0 Å².